The molecule has 0 fully saturated rings. The maximum Gasteiger partial charge on any atom is 0.332 e. The fourth-order valence-corrected chi connectivity index (χ4v) is 4.69. The summed E-state index contributed by atoms with van der Waals surface area (Å²) < 4.78 is 10.3. The number of fused-ring (bicyclic) bond motifs is 3. The summed E-state index contributed by atoms with van der Waals surface area (Å²) in [5.74, 6) is 1.64. The largest absolute Gasteiger partial charge is 0.495 e. The number of methoxy groups -OCH3 is 1. The molecule has 2 aromatic carbocycles. The molecule has 170 valence electrons. The van der Waals surface area contributed by atoms with Gasteiger partial charge in [-0.15, -0.1) is 0 Å². The van der Waals surface area contributed by atoms with Crippen LogP contribution in [0.5, 0.6) is 5.75 Å². The van der Waals surface area contributed by atoms with Gasteiger partial charge in [-0.05, 0) is 30.5 Å². The second-order valence-electron chi connectivity index (χ2n) is 8.80. The number of anilines is 2. The van der Waals surface area contributed by atoms with Gasteiger partial charge >= 0.3 is 5.69 Å². The van der Waals surface area contributed by atoms with Crippen molar-refractivity contribution in [1.82, 2.24) is 18.7 Å². The van der Waals surface area contributed by atoms with Crippen LogP contribution in [0, 0.1) is 12.8 Å². The van der Waals surface area contributed by atoms with Crippen molar-refractivity contribution in [3.63, 3.8) is 0 Å². The van der Waals surface area contributed by atoms with Gasteiger partial charge in [0.1, 0.15) is 5.75 Å². The molecule has 0 amide bonds. The van der Waals surface area contributed by atoms with Gasteiger partial charge in [0.2, 0.25) is 5.95 Å². The van der Waals surface area contributed by atoms with Crippen LogP contribution in [0.2, 0.25) is 0 Å². The van der Waals surface area contributed by atoms with Gasteiger partial charge in [-0.2, -0.15) is 4.98 Å². The molecule has 0 radical (unpaired) electrons. The summed E-state index contributed by atoms with van der Waals surface area (Å²) in [6.07, 6.45) is 0. The lowest BCUT2D eigenvalue weighted by molar-refractivity contribution is 0.409. The highest BCUT2D eigenvalue weighted by Gasteiger charge is 2.31. The van der Waals surface area contributed by atoms with Crippen LogP contribution >= 0.6 is 0 Å². The van der Waals surface area contributed by atoms with E-state index in [0.29, 0.717) is 23.7 Å². The van der Waals surface area contributed by atoms with Crippen molar-refractivity contribution in [2.45, 2.75) is 26.9 Å². The molecule has 0 saturated heterocycles. The number of hydrogen-bond donors (Lipinski definition) is 0. The molecule has 0 saturated carbocycles. The summed E-state index contributed by atoms with van der Waals surface area (Å²) in [5, 5.41) is 0. The van der Waals surface area contributed by atoms with E-state index in [0.717, 1.165) is 29.1 Å². The van der Waals surface area contributed by atoms with Crippen molar-refractivity contribution in [1.29, 1.82) is 0 Å². The molecule has 0 bridgehead atoms. The van der Waals surface area contributed by atoms with Crippen LogP contribution in [-0.4, -0.2) is 32.3 Å². The predicted molar refractivity (Wildman–Crippen MR) is 129 cm³/mol. The number of nitrogens with zero attached hydrogens (tertiary/aromatic N) is 5. The van der Waals surface area contributed by atoms with Crippen LogP contribution in [0.1, 0.15) is 18.1 Å². The number of imidazole rings is 1. The van der Waals surface area contributed by atoms with E-state index < -0.39 is 0 Å². The minimum Gasteiger partial charge on any atom is -0.495 e. The molecule has 0 aliphatic carbocycles. The standard InChI is InChI=1S/C25H27N5O3/c1-16-8-7-9-18(12-16)15-30-23(31)21-22(27(3)25(30)32)26-24-28(13-17(2)14-29(21)24)19-10-5-6-11-20(19)33-4/h5-12,17H,13-15H2,1-4H3/t17-/m0/s1. The number of hydrogen-bond acceptors (Lipinski definition) is 5. The summed E-state index contributed by atoms with van der Waals surface area (Å²) in [4.78, 5) is 33.7. The summed E-state index contributed by atoms with van der Waals surface area (Å²) in [6, 6.07) is 15.6. The normalized spacial score (nSPS) is 15.6. The Balaban J connectivity index is 1.73. The monoisotopic (exact) mass is 445 g/mol. The Kier molecular flexibility index (Phi) is 5.08. The van der Waals surface area contributed by atoms with Gasteiger partial charge in [-0.25, -0.2) is 4.79 Å². The minimum atomic E-state index is -0.374. The highest BCUT2D eigenvalue weighted by Crippen LogP contribution is 2.37. The second kappa shape index (κ2) is 7.95. The Bertz CT molecular complexity index is 1480. The first-order valence-corrected chi connectivity index (χ1v) is 11.0. The van der Waals surface area contributed by atoms with E-state index in [1.807, 2.05) is 60.0 Å². The van der Waals surface area contributed by atoms with Crippen LogP contribution in [0.4, 0.5) is 11.6 Å². The zero-order chi connectivity index (χ0) is 23.3. The molecule has 1 aliphatic rings. The summed E-state index contributed by atoms with van der Waals surface area (Å²) >= 11 is 0. The third-order valence-electron chi connectivity index (χ3n) is 6.24. The first kappa shape index (κ1) is 21.1. The third kappa shape index (κ3) is 3.42. The SMILES string of the molecule is COc1ccccc1N1C[C@H](C)Cn2c1nc1c2c(=O)n(Cc2cccc(C)c2)c(=O)n1C. The van der Waals surface area contributed by atoms with Crippen molar-refractivity contribution in [2.24, 2.45) is 13.0 Å². The third-order valence-corrected chi connectivity index (χ3v) is 6.24. The number of rotatable bonds is 4. The Morgan fingerprint density at radius 3 is 2.64 bits per heavy atom. The molecule has 8 heteroatoms. The molecule has 1 atom stereocenters. The highest BCUT2D eigenvalue weighted by molar-refractivity contribution is 5.78. The lowest BCUT2D eigenvalue weighted by atomic mass is 10.1. The van der Waals surface area contributed by atoms with Gasteiger partial charge in [-0.3, -0.25) is 13.9 Å². The molecule has 4 aromatic rings. The van der Waals surface area contributed by atoms with E-state index in [2.05, 4.69) is 11.8 Å². The minimum absolute atomic E-state index is 0.218. The van der Waals surface area contributed by atoms with E-state index in [1.165, 1.54) is 9.13 Å². The predicted octanol–water partition coefficient (Wildman–Crippen LogP) is 3.05. The van der Waals surface area contributed by atoms with Gasteiger partial charge in [0.05, 0.1) is 19.3 Å². The molecule has 8 nitrogen and oxygen atoms in total. The smallest absolute Gasteiger partial charge is 0.332 e. The van der Waals surface area contributed by atoms with Crippen molar-refractivity contribution in [3.05, 3.63) is 80.5 Å². The van der Waals surface area contributed by atoms with E-state index in [9.17, 15) is 9.59 Å². The summed E-state index contributed by atoms with van der Waals surface area (Å²) in [6.45, 7) is 5.74. The molecule has 2 aromatic heterocycles. The average molecular weight is 446 g/mol. The lowest BCUT2D eigenvalue weighted by Crippen LogP contribution is -2.40. The molecular formula is C25H27N5O3. The van der Waals surface area contributed by atoms with Crippen molar-refractivity contribution in [2.75, 3.05) is 18.6 Å². The Morgan fingerprint density at radius 1 is 1.09 bits per heavy atom. The topological polar surface area (TPSA) is 74.3 Å². The van der Waals surface area contributed by atoms with E-state index in [-0.39, 0.29) is 23.7 Å². The van der Waals surface area contributed by atoms with E-state index in [1.54, 1.807) is 14.2 Å². The van der Waals surface area contributed by atoms with Gasteiger partial charge in [0.25, 0.3) is 5.56 Å². The van der Waals surface area contributed by atoms with Gasteiger partial charge in [-0.1, -0.05) is 48.9 Å². The maximum atomic E-state index is 13.6. The molecule has 0 spiro atoms. The van der Waals surface area contributed by atoms with Crippen LogP contribution in [0.15, 0.2) is 58.1 Å². The van der Waals surface area contributed by atoms with Crippen molar-refractivity contribution < 1.29 is 4.74 Å². The van der Waals surface area contributed by atoms with Crippen LogP contribution in [-0.2, 0) is 20.1 Å². The molecule has 1 aliphatic heterocycles. The number of para-hydroxylation sites is 2. The van der Waals surface area contributed by atoms with Crippen molar-refractivity contribution >= 4 is 22.8 Å². The van der Waals surface area contributed by atoms with Gasteiger partial charge in [0.15, 0.2) is 11.2 Å². The summed E-state index contributed by atoms with van der Waals surface area (Å²) in [5.41, 5.74) is 3.04. The molecule has 0 unspecified atom stereocenters. The Morgan fingerprint density at radius 2 is 1.88 bits per heavy atom. The zero-order valence-electron chi connectivity index (χ0n) is 19.3. The number of aromatic nitrogens is 4. The summed E-state index contributed by atoms with van der Waals surface area (Å²) in [7, 11) is 3.32. The van der Waals surface area contributed by atoms with Gasteiger partial charge < -0.3 is 14.2 Å². The number of benzene rings is 2. The quantitative estimate of drug-likeness (QED) is 0.483. The number of aryl methyl sites for hydroxylation is 2. The van der Waals surface area contributed by atoms with E-state index in [4.69, 9.17) is 9.72 Å². The molecule has 3 heterocycles. The van der Waals surface area contributed by atoms with Crippen LogP contribution in [0.3, 0.4) is 0 Å². The Hall–Kier alpha value is -3.81. The second-order valence-corrected chi connectivity index (χ2v) is 8.80. The fourth-order valence-electron chi connectivity index (χ4n) is 4.69. The molecule has 33 heavy (non-hydrogen) atoms. The van der Waals surface area contributed by atoms with Gasteiger partial charge in [0, 0.05) is 20.1 Å². The first-order chi connectivity index (χ1) is 15.9. The molecule has 5 rings (SSSR count). The highest BCUT2D eigenvalue weighted by atomic mass is 16.5. The van der Waals surface area contributed by atoms with Crippen LogP contribution in [0.25, 0.3) is 11.2 Å². The first-order valence-electron chi connectivity index (χ1n) is 11.0. The average Bonchev–Trinajstić information content (AvgIpc) is 3.19. The number of ether oxygens (including phenoxy) is 1. The van der Waals surface area contributed by atoms with E-state index >= 15 is 0 Å². The molecular weight excluding hydrogens is 418 g/mol. The Labute approximate surface area is 191 Å². The lowest BCUT2D eigenvalue weighted by Gasteiger charge is -2.33. The zero-order valence-corrected chi connectivity index (χ0v) is 19.3. The molecule has 0 N–H and O–H groups in total. The van der Waals surface area contributed by atoms with Crippen LogP contribution < -0.4 is 20.9 Å². The maximum absolute atomic E-state index is 13.6. The fraction of sp³-hybridized carbons (Fsp3) is 0.320. The van der Waals surface area contributed by atoms with Crippen molar-refractivity contribution in [3.8, 4) is 5.75 Å².